The van der Waals surface area contributed by atoms with E-state index in [1.807, 2.05) is 31.2 Å². The Morgan fingerprint density at radius 3 is 2.65 bits per heavy atom. The van der Waals surface area contributed by atoms with Crippen molar-refractivity contribution in [1.82, 2.24) is 4.90 Å². The predicted octanol–water partition coefficient (Wildman–Crippen LogP) is 2.25. The normalized spacial score (nSPS) is 11.2. The first kappa shape index (κ1) is 16.5. The number of aryl methyl sites for hydroxylation is 1. The Morgan fingerprint density at radius 1 is 1.40 bits per heavy atom. The highest BCUT2D eigenvalue weighted by Gasteiger charge is 2.20. The number of aliphatic hydroxyl groups is 1. The molecule has 0 aromatic heterocycles. The number of carbonyl (C=O) groups is 1. The van der Waals surface area contributed by atoms with Crippen LogP contribution in [-0.2, 0) is 11.2 Å². The number of likely N-dealkylation sites (N-methyl/N-ethyl adjacent to an activating group) is 1. The summed E-state index contributed by atoms with van der Waals surface area (Å²) in [4.78, 5) is 13.9. The van der Waals surface area contributed by atoms with Crippen LogP contribution in [0.1, 0.15) is 32.8 Å². The summed E-state index contributed by atoms with van der Waals surface area (Å²) < 4.78 is 5.17. The number of nitrogens with zero attached hydrogens (tertiary/aromatic N) is 1. The molecule has 1 rings (SSSR count). The van der Waals surface area contributed by atoms with E-state index in [0.29, 0.717) is 25.9 Å². The van der Waals surface area contributed by atoms with Crippen molar-refractivity contribution in [2.24, 2.45) is 0 Å². The molecule has 1 aromatic carbocycles. The lowest BCUT2D eigenvalue weighted by Gasteiger charge is -2.28. The van der Waals surface area contributed by atoms with Crippen molar-refractivity contribution < 1.29 is 14.6 Å². The zero-order chi connectivity index (χ0) is 15.2. The highest BCUT2D eigenvalue weighted by molar-refractivity contribution is 5.76. The summed E-state index contributed by atoms with van der Waals surface area (Å²) in [5, 5.41) is 9.81. The summed E-state index contributed by atoms with van der Waals surface area (Å²) in [5.74, 6) is 0.872. The van der Waals surface area contributed by atoms with Crippen LogP contribution in [0.25, 0.3) is 0 Å². The summed E-state index contributed by atoms with van der Waals surface area (Å²) in [7, 11) is 1.63. The molecule has 1 amide bonds. The zero-order valence-electron chi connectivity index (χ0n) is 12.8. The van der Waals surface area contributed by atoms with Gasteiger partial charge in [-0.2, -0.15) is 0 Å². The standard InChI is InChI=1S/C16H25NO3/c1-5-17(12-16(2,3)19)15(18)10-9-13-7-6-8-14(11-13)20-4/h6-8,11,19H,5,9-10,12H2,1-4H3. The van der Waals surface area contributed by atoms with Gasteiger partial charge in [-0.1, -0.05) is 12.1 Å². The number of carbonyl (C=O) groups excluding carboxylic acids is 1. The molecule has 1 aromatic rings. The maximum atomic E-state index is 12.2. The maximum Gasteiger partial charge on any atom is 0.222 e. The molecule has 0 fully saturated rings. The highest BCUT2D eigenvalue weighted by Crippen LogP contribution is 2.15. The first-order valence-corrected chi connectivity index (χ1v) is 6.99. The van der Waals surface area contributed by atoms with E-state index in [-0.39, 0.29) is 5.91 Å². The second-order valence-corrected chi connectivity index (χ2v) is 5.57. The average molecular weight is 279 g/mol. The van der Waals surface area contributed by atoms with Gasteiger partial charge in [0.1, 0.15) is 5.75 Å². The molecule has 0 aliphatic rings. The second-order valence-electron chi connectivity index (χ2n) is 5.57. The topological polar surface area (TPSA) is 49.8 Å². The molecular formula is C16H25NO3. The number of ether oxygens (including phenoxy) is 1. The lowest BCUT2D eigenvalue weighted by atomic mass is 10.1. The van der Waals surface area contributed by atoms with Crippen molar-refractivity contribution in [3.8, 4) is 5.75 Å². The Kier molecular flexibility index (Phi) is 6.02. The van der Waals surface area contributed by atoms with E-state index >= 15 is 0 Å². The van der Waals surface area contributed by atoms with Gasteiger partial charge < -0.3 is 14.7 Å². The monoisotopic (exact) mass is 279 g/mol. The second kappa shape index (κ2) is 7.29. The van der Waals surface area contributed by atoms with Gasteiger partial charge in [0.15, 0.2) is 0 Å². The van der Waals surface area contributed by atoms with E-state index in [2.05, 4.69) is 0 Å². The molecule has 112 valence electrons. The van der Waals surface area contributed by atoms with Gasteiger partial charge in [-0.25, -0.2) is 0 Å². The van der Waals surface area contributed by atoms with Gasteiger partial charge >= 0.3 is 0 Å². The third kappa shape index (κ3) is 5.61. The van der Waals surface area contributed by atoms with Gasteiger partial charge in [0.25, 0.3) is 0 Å². The van der Waals surface area contributed by atoms with Gasteiger partial charge in [0.05, 0.1) is 12.7 Å². The Morgan fingerprint density at radius 2 is 2.10 bits per heavy atom. The first-order chi connectivity index (χ1) is 9.35. The van der Waals surface area contributed by atoms with Crippen molar-refractivity contribution in [3.63, 3.8) is 0 Å². The molecule has 0 saturated heterocycles. The zero-order valence-corrected chi connectivity index (χ0v) is 12.8. The predicted molar refractivity (Wildman–Crippen MR) is 79.9 cm³/mol. The Bertz CT molecular complexity index is 438. The molecule has 0 radical (unpaired) electrons. The summed E-state index contributed by atoms with van der Waals surface area (Å²) in [6.07, 6.45) is 1.12. The van der Waals surface area contributed by atoms with Gasteiger partial charge in [-0.05, 0) is 44.9 Å². The van der Waals surface area contributed by atoms with E-state index in [1.54, 1.807) is 25.9 Å². The average Bonchev–Trinajstić information content (AvgIpc) is 2.41. The minimum atomic E-state index is -0.859. The van der Waals surface area contributed by atoms with Crippen molar-refractivity contribution in [2.45, 2.75) is 39.2 Å². The molecule has 0 saturated carbocycles. The van der Waals surface area contributed by atoms with Crippen molar-refractivity contribution in [2.75, 3.05) is 20.2 Å². The fourth-order valence-electron chi connectivity index (χ4n) is 2.08. The van der Waals surface area contributed by atoms with Crippen LogP contribution in [-0.4, -0.2) is 41.7 Å². The van der Waals surface area contributed by atoms with Gasteiger partial charge in [0, 0.05) is 19.5 Å². The van der Waals surface area contributed by atoms with Crippen LogP contribution < -0.4 is 4.74 Å². The minimum absolute atomic E-state index is 0.0671. The highest BCUT2D eigenvalue weighted by atomic mass is 16.5. The molecular weight excluding hydrogens is 254 g/mol. The Hall–Kier alpha value is -1.55. The number of benzene rings is 1. The van der Waals surface area contributed by atoms with Crippen LogP contribution in [0.15, 0.2) is 24.3 Å². The summed E-state index contributed by atoms with van der Waals surface area (Å²) in [6, 6.07) is 7.74. The largest absolute Gasteiger partial charge is 0.497 e. The summed E-state index contributed by atoms with van der Waals surface area (Å²) >= 11 is 0. The minimum Gasteiger partial charge on any atom is -0.497 e. The third-order valence-corrected chi connectivity index (χ3v) is 3.07. The quantitative estimate of drug-likeness (QED) is 0.833. The molecule has 0 spiro atoms. The van der Waals surface area contributed by atoms with Gasteiger partial charge in [0.2, 0.25) is 5.91 Å². The molecule has 0 aliphatic heterocycles. The third-order valence-electron chi connectivity index (χ3n) is 3.07. The molecule has 0 atom stereocenters. The number of hydrogen-bond acceptors (Lipinski definition) is 3. The smallest absolute Gasteiger partial charge is 0.222 e. The molecule has 20 heavy (non-hydrogen) atoms. The van der Waals surface area contributed by atoms with Crippen LogP contribution in [0.3, 0.4) is 0 Å². The summed E-state index contributed by atoms with van der Waals surface area (Å²) in [6.45, 7) is 6.33. The molecule has 0 bridgehead atoms. The van der Waals surface area contributed by atoms with Gasteiger partial charge in [-0.15, -0.1) is 0 Å². The Balaban J connectivity index is 2.56. The number of methoxy groups -OCH3 is 1. The van der Waals surface area contributed by atoms with Crippen molar-refractivity contribution in [3.05, 3.63) is 29.8 Å². The van der Waals surface area contributed by atoms with Crippen LogP contribution >= 0.6 is 0 Å². The SMILES string of the molecule is CCN(CC(C)(C)O)C(=O)CCc1cccc(OC)c1. The van der Waals surface area contributed by atoms with E-state index in [9.17, 15) is 9.90 Å². The molecule has 4 nitrogen and oxygen atoms in total. The molecule has 0 unspecified atom stereocenters. The molecule has 0 aliphatic carbocycles. The number of hydrogen-bond donors (Lipinski definition) is 1. The fraction of sp³-hybridized carbons (Fsp3) is 0.562. The molecule has 0 heterocycles. The fourth-order valence-corrected chi connectivity index (χ4v) is 2.08. The lowest BCUT2D eigenvalue weighted by Crippen LogP contribution is -2.42. The van der Waals surface area contributed by atoms with Crippen LogP contribution in [0, 0.1) is 0 Å². The number of amides is 1. The van der Waals surface area contributed by atoms with Crippen molar-refractivity contribution in [1.29, 1.82) is 0 Å². The van der Waals surface area contributed by atoms with Crippen LogP contribution in [0.5, 0.6) is 5.75 Å². The first-order valence-electron chi connectivity index (χ1n) is 6.99. The molecule has 1 N–H and O–H groups in total. The van der Waals surface area contributed by atoms with E-state index in [4.69, 9.17) is 4.74 Å². The van der Waals surface area contributed by atoms with Crippen molar-refractivity contribution >= 4 is 5.91 Å². The van der Waals surface area contributed by atoms with Gasteiger partial charge in [-0.3, -0.25) is 4.79 Å². The number of rotatable bonds is 7. The maximum absolute atomic E-state index is 12.2. The lowest BCUT2D eigenvalue weighted by molar-refractivity contribution is -0.133. The van der Waals surface area contributed by atoms with E-state index < -0.39 is 5.60 Å². The van der Waals surface area contributed by atoms with Crippen LogP contribution in [0.2, 0.25) is 0 Å². The van der Waals surface area contributed by atoms with Crippen LogP contribution in [0.4, 0.5) is 0 Å². The van der Waals surface area contributed by atoms with E-state index in [0.717, 1.165) is 11.3 Å². The van der Waals surface area contributed by atoms with E-state index in [1.165, 1.54) is 0 Å². The summed E-state index contributed by atoms with van der Waals surface area (Å²) in [5.41, 5.74) is 0.221. The Labute approximate surface area is 121 Å². The molecule has 4 heteroatoms.